The molecule has 1 saturated carbocycles. The molecule has 3 heteroatoms. The number of hydrogen-bond donors (Lipinski definition) is 2. The first-order valence-corrected chi connectivity index (χ1v) is 7.54. The average Bonchev–Trinajstić information content (AvgIpc) is 2.41. The van der Waals surface area contributed by atoms with Crippen LogP contribution in [0.1, 0.15) is 33.1 Å². The van der Waals surface area contributed by atoms with Crippen LogP contribution in [-0.2, 0) is 0 Å². The minimum Gasteiger partial charge on any atom is -0.399 e. The summed E-state index contributed by atoms with van der Waals surface area (Å²) in [5, 5.41) is 4.89. The molecule has 1 aliphatic carbocycles. The van der Waals surface area contributed by atoms with Crippen molar-refractivity contribution in [3.05, 3.63) is 30.5 Å². The maximum absolute atomic E-state index is 5.84. The van der Waals surface area contributed by atoms with E-state index in [1.165, 1.54) is 24.9 Å². The third-order valence-electron chi connectivity index (χ3n) is 4.54. The van der Waals surface area contributed by atoms with E-state index in [2.05, 4.69) is 36.3 Å². The molecule has 0 bridgehead atoms. The average molecular weight is 269 g/mol. The Hall–Kier alpha value is -1.77. The van der Waals surface area contributed by atoms with Gasteiger partial charge in [-0.2, -0.15) is 0 Å². The van der Waals surface area contributed by atoms with Crippen LogP contribution in [0.4, 0.5) is 11.4 Å². The summed E-state index contributed by atoms with van der Waals surface area (Å²) < 4.78 is 0. The standard InChI is InChI=1S/C17H23N3/c1-11-3-6-15(12(2)9-11)20-16-7-8-19-17-10-13(18)4-5-14(16)17/h4-5,7-8,10-12,15H,3,6,9,18H2,1-2H3,(H,19,20). The van der Waals surface area contributed by atoms with Crippen molar-refractivity contribution < 1.29 is 0 Å². The van der Waals surface area contributed by atoms with Crippen LogP contribution in [0.3, 0.4) is 0 Å². The molecule has 2 aromatic rings. The Labute approximate surface area is 120 Å². The lowest BCUT2D eigenvalue weighted by Crippen LogP contribution is -2.33. The van der Waals surface area contributed by atoms with Gasteiger partial charge in [0.05, 0.1) is 5.52 Å². The summed E-state index contributed by atoms with van der Waals surface area (Å²) in [5.74, 6) is 1.58. The summed E-state index contributed by atoms with van der Waals surface area (Å²) in [6.07, 6.45) is 5.74. The maximum atomic E-state index is 5.84. The van der Waals surface area contributed by atoms with Crippen LogP contribution in [0.2, 0.25) is 0 Å². The second-order valence-electron chi connectivity index (χ2n) is 6.28. The van der Waals surface area contributed by atoms with Gasteiger partial charge in [-0.1, -0.05) is 13.8 Å². The lowest BCUT2D eigenvalue weighted by molar-refractivity contribution is 0.276. The summed E-state index contributed by atoms with van der Waals surface area (Å²) in [6.45, 7) is 4.71. The molecule has 0 saturated heterocycles. The molecular weight excluding hydrogens is 246 g/mol. The Morgan fingerprint density at radius 1 is 1.20 bits per heavy atom. The summed E-state index contributed by atoms with van der Waals surface area (Å²) in [6, 6.07) is 8.59. The van der Waals surface area contributed by atoms with Crippen LogP contribution in [0.5, 0.6) is 0 Å². The van der Waals surface area contributed by atoms with Gasteiger partial charge in [-0.15, -0.1) is 0 Å². The fraction of sp³-hybridized carbons (Fsp3) is 0.471. The number of aromatic nitrogens is 1. The molecule has 3 nitrogen and oxygen atoms in total. The molecule has 1 aromatic heterocycles. The van der Waals surface area contributed by atoms with Gasteiger partial charge in [0.2, 0.25) is 0 Å². The van der Waals surface area contributed by atoms with Gasteiger partial charge >= 0.3 is 0 Å². The van der Waals surface area contributed by atoms with Crippen molar-refractivity contribution in [2.24, 2.45) is 11.8 Å². The van der Waals surface area contributed by atoms with Crippen LogP contribution < -0.4 is 11.1 Å². The zero-order chi connectivity index (χ0) is 14.1. The van der Waals surface area contributed by atoms with Crippen molar-refractivity contribution >= 4 is 22.3 Å². The first-order valence-electron chi connectivity index (χ1n) is 7.54. The maximum Gasteiger partial charge on any atom is 0.0743 e. The zero-order valence-corrected chi connectivity index (χ0v) is 12.3. The second kappa shape index (κ2) is 5.31. The SMILES string of the molecule is CC1CCC(Nc2ccnc3cc(N)ccc23)C(C)C1. The third kappa shape index (κ3) is 2.58. The monoisotopic (exact) mass is 269 g/mol. The van der Waals surface area contributed by atoms with Crippen LogP contribution in [0.15, 0.2) is 30.5 Å². The highest BCUT2D eigenvalue weighted by Crippen LogP contribution is 2.32. The predicted octanol–water partition coefficient (Wildman–Crippen LogP) is 4.05. The molecule has 1 fully saturated rings. The van der Waals surface area contributed by atoms with E-state index < -0.39 is 0 Å². The predicted molar refractivity (Wildman–Crippen MR) is 85.7 cm³/mol. The Morgan fingerprint density at radius 3 is 2.85 bits per heavy atom. The Morgan fingerprint density at radius 2 is 2.05 bits per heavy atom. The minimum absolute atomic E-state index is 0.564. The van der Waals surface area contributed by atoms with Gasteiger partial charge in [0.1, 0.15) is 0 Å². The number of fused-ring (bicyclic) bond motifs is 1. The van der Waals surface area contributed by atoms with Crippen LogP contribution >= 0.6 is 0 Å². The second-order valence-corrected chi connectivity index (χ2v) is 6.28. The molecule has 3 unspecified atom stereocenters. The Balaban J connectivity index is 1.87. The molecule has 1 aliphatic rings. The molecule has 1 heterocycles. The Kier molecular flexibility index (Phi) is 3.51. The van der Waals surface area contributed by atoms with Crippen molar-refractivity contribution in [2.45, 2.75) is 39.2 Å². The lowest BCUT2D eigenvalue weighted by atomic mass is 9.80. The molecule has 3 atom stereocenters. The fourth-order valence-corrected chi connectivity index (χ4v) is 3.37. The van der Waals surface area contributed by atoms with Gasteiger partial charge < -0.3 is 11.1 Å². The van der Waals surface area contributed by atoms with E-state index in [9.17, 15) is 0 Å². The number of nitrogens with two attached hydrogens (primary N) is 1. The number of nitrogen functional groups attached to an aromatic ring is 1. The highest BCUT2D eigenvalue weighted by Gasteiger charge is 2.25. The summed E-state index contributed by atoms with van der Waals surface area (Å²) >= 11 is 0. The largest absolute Gasteiger partial charge is 0.399 e. The van der Waals surface area contributed by atoms with Crippen molar-refractivity contribution in [3.63, 3.8) is 0 Å². The molecule has 1 aromatic carbocycles. The molecule has 0 radical (unpaired) electrons. The first-order chi connectivity index (χ1) is 9.63. The van der Waals surface area contributed by atoms with Gasteiger partial charge in [-0.25, -0.2) is 0 Å². The van der Waals surface area contributed by atoms with E-state index >= 15 is 0 Å². The highest BCUT2D eigenvalue weighted by atomic mass is 14.9. The van der Waals surface area contributed by atoms with Crippen LogP contribution in [-0.4, -0.2) is 11.0 Å². The van der Waals surface area contributed by atoms with Crippen LogP contribution in [0, 0.1) is 11.8 Å². The topological polar surface area (TPSA) is 50.9 Å². The zero-order valence-electron chi connectivity index (χ0n) is 12.3. The number of pyridine rings is 1. The van der Waals surface area contributed by atoms with Crippen molar-refractivity contribution in [1.82, 2.24) is 4.98 Å². The quantitative estimate of drug-likeness (QED) is 0.808. The van der Waals surface area contributed by atoms with Gasteiger partial charge in [0, 0.05) is 29.0 Å². The number of anilines is 2. The highest BCUT2D eigenvalue weighted by molar-refractivity contribution is 5.92. The van der Waals surface area contributed by atoms with E-state index in [1.807, 2.05) is 18.3 Å². The Bertz CT molecular complexity index is 608. The molecule has 20 heavy (non-hydrogen) atoms. The van der Waals surface area contributed by atoms with Gasteiger partial charge in [-0.05, 0) is 55.4 Å². The number of benzene rings is 1. The minimum atomic E-state index is 0.564. The molecular formula is C17H23N3. The van der Waals surface area contributed by atoms with Crippen molar-refractivity contribution in [1.29, 1.82) is 0 Å². The van der Waals surface area contributed by atoms with Gasteiger partial charge in [0.15, 0.2) is 0 Å². The summed E-state index contributed by atoms with van der Waals surface area (Å²) in [5.41, 5.74) is 8.75. The van der Waals surface area contributed by atoms with E-state index in [-0.39, 0.29) is 0 Å². The first kappa shape index (κ1) is 13.2. The van der Waals surface area contributed by atoms with E-state index in [4.69, 9.17) is 5.73 Å². The normalized spacial score (nSPS) is 26.6. The number of nitrogens with zero attached hydrogens (tertiary/aromatic N) is 1. The smallest absolute Gasteiger partial charge is 0.0743 e. The molecule has 3 rings (SSSR count). The molecule has 0 aliphatic heterocycles. The number of hydrogen-bond acceptors (Lipinski definition) is 3. The summed E-state index contributed by atoms with van der Waals surface area (Å²) in [4.78, 5) is 4.41. The van der Waals surface area contributed by atoms with Gasteiger partial charge in [0.25, 0.3) is 0 Å². The van der Waals surface area contributed by atoms with E-state index in [0.717, 1.165) is 28.4 Å². The van der Waals surface area contributed by atoms with Crippen molar-refractivity contribution in [2.75, 3.05) is 11.1 Å². The number of rotatable bonds is 2. The molecule has 106 valence electrons. The summed E-state index contributed by atoms with van der Waals surface area (Å²) in [7, 11) is 0. The van der Waals surface area contributed by atoms with E-state index in [0.29, 0.717) is 6.04 Å². The van der Waals surface area contributed by atoms with E-state index in [1.54, 1.807) is 0 Å². The lowest BCUT2D eigenvalue weighted by Gasteiger charge is -2.34. The number of nitrogens with one attached hydrogen (secondary N) is 1. The van der Waals surface area contributed by atoms with Gasteiger partial charge in [-0.3, -0.25) is 4.98 Å². The molecule has 0 spiro atoms. The van der Waals surface area contributed by atoms with Crippen molar-refractivity contribution in [3.8, 4) is 0 Å². The third-order valence-corrected chi connectivity index (χ3v) is 4.54. The molecule has 0 amide bonds. The fourth-order valence-electron chi connectivity index (χ4n) is 3.37. The van der Waals surface area contributed by atoms with Crippen LogP contribution in [0.25, 0.3) is 10.9 Å². The molecule has 3 N–H and O–H groups in total.